The van der Waals surface area contributed by atoms with E-state index in [2.05, 4.69) is 38.2 Å². The summed E-state index contributed by atoms with van der Waals surface area (Å²) in [6.07, 6.45) is 3.16. The van der Waals surface area contributed by atoms with E-state index in [4.69, 9.17) is 31.9 Å². The molecule has 4 atom stereocenters. The summed E-state index contributed by atoms with van der Waals surface area (Å²) in [6, 6.07) is 15.1. The molecule has 2 heterocycles. The average molecular weight is 904 g/mol. The summed E-state index contributed by atoms with van der Waals surface area (Å²) in [6.45, 7) is 7.37. The van der Waals surface area contributed by atoms with Crippen molar-refractivity contribution in [2.75, 3.05) is 46.4 Å². The van der Waals surface area contributed by atoms with Crippen molar-refractivity contribution >= 4 is 29.5 Å². The Morgan fingerprint density at radius 2 is 1.53 bits per heavy atom. The molecule has 10 N–H and O–H groups in total. The Kier molecular flexibility index (Phi) is 18.1. The first-order valence-corrected chi connectivity index (χ1v) is 22.2. The molecule has 1 unspecified atom stereocenters. The van der Waals surface area contributed by atoms with Gasteiger partial charge in [0.15, 0.2) is 5.82 Å². The van der Waals surface area contributed by atoms with Gasteiger partial charge in [0, 0.05) is 43.2 Å². The van der Waals surface area contributed by atoms with Crippen molar-refractivity contribution in [2.45, 2.75) is 84.0 Å². The number of fused-ring (bicyclic) bond motifs is 5. The number of aryl methyl sites for hydroxylation is 3. The van der Waals surface area contributed by atoms with E-state index in [1.807, 2.05) is 30.3 Å². The van der Waals surface area contributed by atoms with Crippen LogP contribution in [0.5, 0.6) is 11.5 Å². The van der Waals surface area contributed by atoms with Crippen molar-refractivity contribution < 1.29 is 33.4 Å². The second-order valence-electron chi connectivity index (χ2n) is 16.1. The molecule has 66 heavy (non-hydrogen) atoms. The van der Waals surface area contributed by atoms with E-state index in [1.165, 1.54) is 24.4 Å². The van der Waals surface area contributed by atoms with E-state index in [9.17, 15) is 24.0 Å². The maximum Gasteiger partial charge on any atom is 0.255 e. The highest BCUT2D eigenvalue weighted by Gasteiger charge is 2.36. The quantitative estimate of drug-likeness (QED) is 0.0707. The highest BCUT2D eigenvalue weighted by Crippen LogP contribution is 2.40. The summed E-state index contributed by atoms with van der Waals surface area (Å²) in [5.74, 6) is -2.10. The fourth-order valence-electron chi connectivity index (χ4n) is 7.74. The van der Waals surface area contributed by atoms with Crippen LogP contribution in [0.25, 0.3) is 22.5 Å². The van der Waals surface area contributed by atoms with E-state index < -0.39 is 53.7 Å². The van der Waals surface area contributed by atoms with Gasteiger partial charge in [0.25, 0.3) is 5.91 Å². The van der Waals surface area contributed by atoms with Gasteiger partial charge in [0.1, 0.15) is 55.4 Å². The lowest BCUT2D eigenvalue weighted by molar-refractivity contribution is -0.141. The standard InChI is InChI=1S/C48H61N11O7/c1-6-7-8-31-9-12-33(13-10-31)43-54-28(2)41(29(3)55-43)46(62)57-37(17-18-49)48(64)59(5)42-34-14-16-40(66-24-21-52)36(27-34)35-25-32(11-15-39(35)65-23-20-51)26-38(45(61)53-22-19-50)58-44(60)30(4)56-47(42)63/h9-16,25,27,30,37-38,42H,6-8,17-18,20-24,26,49,51-52H2,1-5H3,(H,53,61)(H,56,63)(H,57,62)(H,58,60)/t30-,37?,38-,42-/m0/s1. The van der Waals surface area contributed by atoms with E-state index in [0.29, 0.717) is 51.0 Å². The van der Waals surface area contributed by atoms with Crippen LogP contribution in [0.15, 0.2) is 60.7 Å². The van der Waals surface area contributed by atoms with Gasteiger partial charge in [-0.25, -0.2) is 9.97 Å². The number of nitrogens with zero attached hydrogens (tertiary/aromatic N) is 4. The zero-order chi connectivity index (χ0) is 47.9. The first-order valence-electron chi connectivity index (χ1n) is 22.2. The molecule has 5 amide bonds. The maximum atomic E-state index is 14.7. The van der Waals surface area contributed by atoms with Crippen molar-refractivity contribution in [3.05, 3.63) is 94.3 Å². The monoisotopic (exact) mass is 903 g/mol. The van der Waals surface area contributed by atoms with E-state index in [0.717, 1.165) is 24.8 Å². The Morgan fingerprint density at radius 3 is 2.14 bits per heavy atom. The van der Waals surface area contributed by atoms with Gasteiger partial charge in [-0.15, -0.1) is 0 Å². The van der Waals surface area contributed by atoms with Gasteiger partial charge in [0.05, 0.1) is 23.0 Å². The molecule has 350 valence electrons. The van der Waals surface area contributed by atoms with Crippen molar-refractivity contribution in [3.63, 3.8) is 0 Å². The fraction of sp³-hybridized carbons (Fsp3) is 0.417. The van der Waals surface area contributed by atoms with Crippen LogP contribution in [0.1, 0.15) is 77.6 Å². The number of aromatic nitrogens is 2. The third-order valence-corrected chi connectivity index (χ3v) is 11.1. The van der Waals surface area contributed by atoms with Gasteiger partial charge in [-0.3, -0.25) is 24.0 Å². The van der Waals surface area contributed by atoms with Crippen molar-refractivity contribution in [2.24, 2.45) is 17.2 Å². The number of amides is 5. The van der Waals surface area contributed by atoms with E-state index in [-0.39, 0.29) is 57.8 Å². The van der Waals surface area contributed by atoms with Gasteiger partial charge in [-0.1, -0.05) is 49.7 Å². The molecular weight excluding hydrogens is 843 g/mol. The lowest BCUT2D eigenvalue weighted by Crippen LogP contribution is -2.56. The minimum Gasteiger partial charge on any atom is -0.492 e. The lowest BCUT2D eigenvalue weighted by atomic mass is 9.93. The van der Waals surface area contributed by atoms with Crippen molar-refractivity contribution in [1.82, 2.24) is 36.1 Å². The Balaban J connectivity index is 1.56. The Morgan fingerprint density at radius 1 is 0.894 bits per heavy atom. The van der Waals surface area contributed by atoms with Crippen LogP contribution in [-0.2, 0) is 32.0 Å². The van der Waals surface area contributed by atoms with Gasteiger partial charge >= 0.3 is 0 Å². The normalized spacial score (nSPS) is 16.4. The number of likely N-dealkylation sites (N-methyl/N-ethyl adjacent to an activating group) is 1. The van der Waals surface area contributed by atoms with Crippen LogP contribution in [-0.4, -0.2) is 109 Å². The number of nitriles is 1. The summed E-state index contributed by atoms with van der Waals surface area (Å²) in [4.78, 5) is 81.0. The molecule has 0 radical (unpaired) electrons. The smallest absolute Gasteiger partial charge is 0.255 e. The third-order valence-electron chi connectivity index (χ3n) is 11.1. The molecule has 4 bridgehead atoms. The number of hydrogen-bond acceptors (Lipinski definition) is 13. The summed E-state index contributed by atoms with van der Waals surface area (Å²) in [5, 5.41) is 19.9. The molecule has 18 heteroatoms. The number of carbonyl (C=O) groups is 5. The fourth-order valence-corrected chi connectivity index (χ4v) is 7.74. The van der Waals surface area contributed by atoms with Crippen molar-refractivity contribution in [1.29, 1.82) is 5.26 Å². The number of rotatable bonds is 18. The molecule has 0 saturated carbocycles. The number of carbonyl (C=O) groups excluding carboxylic acids is 5. The second kappa shape index (κ2) is 23.8. The number of nitrogens with two attached hydrogens (primary N) is 3. The summed E-state index contributed by atoms with van der Waals surface area (Å²) >= 11 is 0. The molecule has 3 aromatic carbocycles. The number of nitrogens with one attached hydrogen (secondary N) is 4. The predicted octanol–water partition coefficient (Wildman–Crippen LogP) is 2.28. The molecular formula is C48H61N11O7. The van der Waals surface area contributed by atoms with Gasteiger partial charge < -0.3 is 52.8 Å². The van der Waals surface area contributed by atoms with Crippen LogP contribution in [0.4, 0.5) is 0 Å². The highest BCUT2D eigenvalue weighted by atomic mass is 16.5. The first-order chi connectivity index (χ1) is 31.7. The first kappa shape index (κ1) is 50.1. The maximum absolute atomic E-state index is 14.7. The molecule has 0 saturated heterocycles. The van der Waals surface area contributed by atoms with Gasteiger partial charge in [-0.05, 0) is 87.5 Å². The van der Waals surface area contributed by atoms with Crippen molar-refractivity contribution in [3.8, 4) is 40.1 Å². The van der Waals surface area contributed by atoms with Gasteiger partial charge in [-0.2, -0.15) is 5.26 Å². The minimum atomic E-state index is -1.40. The van der Waals surface area contributed by atoms with Crippen LogP contribution in [0.3, 0.4) is 0 Å². The highest BCUT2D eigenvalue weighted by molar-refractivity contribution is 6.00. The summed E-state index contributed by atoms with van der Waals surface area (Å²) < 4.78 is 12.2. The lowest BCUT2D eigenvalue weighted by Gasteiger charge is -2.32. The number of hydrogen-bond donors (Lipinski definition) is 7. The topological polar surface area (TPSA) is 283 Å². The van der Waals surface area contributed by atoms with Crippen LogP contribution >= 0.6 is 0 Å². The number of ether oxygens (including phenoxy) is 2. The molecule has 4 aromatic rings. The Bertz CT molecular complexity index is 2400. The molecule has 18 nitrogen and oxygen atoms in total. The molecule has 5 rings (SSSR count). The molecule has 0 fully saturated rings. The molecule has 0 aliphatic carbocycles. The largest absolute Gasteiger partial charge is 0.492 e. The SMILES string of the molecule is CCCCc1ccc(-c2nc(C)c(C(=O)NC(CCN)C(=O)N(C)[C@@H]3C(=O)N[C@@H](C)C(=O)N[C@H](C(=O)NCC#N)Cc4ccc(OCCN)c(c4)-c4cc3ccc4OCCN)c(C)n2)cc1. The summed E-state index contributed by atoms with van der Waals surface area (Å²) in [7, 11) is 1.42. The minimum absolute atomic E-state index is 0.00258. The molecule has 0 spiro atoms. The molecule has 1 aliphatic heterocycles. The van der Waals surface area contributed by atoms with E-state index >= 15 is 0 Å². The van der Waals surface area contributed by atoms with E-state index in [1.54, 1.807) is 50.2 Å². The Hall–Kier alpha value is -6.94. The number of benzene rings is 3. The van der Waals surface area contributed by atoms with Crippen LogP contribution < -0.4 is 47.9 Å². The van der Waals surface area contributed by atoms with Gasteiger partial charge in [0.2, 0.25) is 23.6 Å². The average Bonchev–Trinajstić information content (AvgIpc) is 3.30. The van der Waals surface area contributed by atoms with Crippen LogP contribution in [0.2, 0.25) is 0 Å². The molecule has 1 aromatic heterocycles. The number of unbranched alkanes of at least 4 members (excludes halogenated alkanes) is 1. The van der Waals surface area contributed by atoms with Crippen LogP contribution in [0, 0.1) is 25.2 Å². The third kappa shape index (κ3) is 12.4. The second-order valence-corrected chi connectivity index (χ2v) is 16.1. The predicted molar refractivity (Wildman–Crippen MR) is 249 cm³/mol. The molecule has 1 aliphatic rings. The zero-order valence-corrected chi connectivity index (χ0v) is 38.2. The zero-order valence-electron chi connectivity index (χ0n) is 38.2. The summed E-state index contributed by atoms with van der Waals surface area (Å²) in [5.41, 5.74) is 22.6. The Labute approximate surface area is 385 Å².